The third-order valence-electron chi connectivity index (χ3n) is 3.30. The van der Waals surface area contributed by atoms with E-state index in [1.807, 2.05) is 0 Å². The van der Waals surface area contributed by atoms with E-state index in [-0.39, 0.29) is 29.9 Å². The minimum atomic E-state index is -1.10. The molecule has 6 nitrogen and oxygen atoms in total. The topological polar surface area (TPSA) is 89.9 Å². The number of aliphatic hydroxyl groups excluding tert-OH is 1. The molecule has 1 atom stereocenters. The fourth-order valence-corrected chi connectivity index (χ4v) is 2.65. The van der Waals surface area contributed by atoms with Gasteiger partial charge in [0.25, 0.3) is 0 Å². The van der Waals surface area contributed by atoms with Crippen LogP contribution in [0, 0.1) is 0 Å². The number of hydrogen-bond acceptors (Lipinski definition) is 3. The second-order valence-electron chi connectivity index (χ2n) is 4.60. The Morgan fingerprint density at radius 1 is 1.45 bits per heavy atom. The summed E-state index contributed by atoms with van der Waals surface area (Å²) in [7, 11) is 0. The molecule has 1 aliphatic rings. The fraction of sp³-hybridized carbons (Fsp3) is 0.385. The zero-order valence-corrected chi connectivity index (χ0v) is 12.3. The van der Waals surface area contributed by atoms with Gasteiger partial charge in [0.1, 0.15) is 0 Å². The van der Waals surface area contributed by atoms with Crippen LogP contribution in [-0.2, 0) is 0 Å². The first-order valence-corrected chi connectivity index (χ1v) is 7.03. The number of hydrogen-bond donors (Lipinski definition) is 3. The molecular weight excluding hydrogens is 328 g/mol. The van der Waals surface area contributed by atoms with Crippen LogP contribution in [0.15, 0.2) is 22.7 Å². The summed E-state index contributed by atoms with van der Waals surface area (Å²) in [6.07, 6.45) is 1.59. The first-order chi connectivity index (χ1) is 9.52. The summed E-state index contributed by atoms with van der Waals surface area (Å²) in [6, 6.07) is 3.99. The predicted octanol–water partition coefficient (Wildman–Crippen LogP) is 2.14. The molecule has 0 aliphatic carbocycles. The number of nitrogens with one attached hydrogen (secondary N) is 1. The molecule has 0 bridgehead atoms. The maximum Gasteiger partial charge on any atom is 0.337 e. The zero-order valence-electron chi connectivity index (χ0n) is 10.7. The van der Waals surface area contributed by atoms with Crippen molar-refractivity contribution < 1.29 is 19.8 Å². The fourth-order valence-electron chi connectivity index (χ4n) is 2.29. The number of amides is 2. The molecular formula is C13H15BrN2O4. The van der Waals surface area contributed by atoms with Crippen LogP contribution in [0.4, 0.5) is 10.5 Å². The Kier molecular flexibility index (Phi) is 4.61. The molecule has 2 rings (SSSR count). The van der Waals surface area contributed by atoms with Crippen molar-refractivity contribution in [2.24, 2.45) is 0 Å². The quantitative estimate of drug-likeness (QED) is 0.784. The van der Waals surface area contributed by atoms with Gasteiger partial charge in [-0.2, -0.15) is 0 Å². The van der Waals surface area contributed by atoms with Gasteiger partial charge in [-0.1, -0.05) is 15.9 Å². The summed E-state index contributed by atoms with van der Waals surface area (Å²) in [6.45, 7) is 0.477. The van der Waals surface area contributed by atoms with Crippen molar-refractivity contribution in [2.45, 2.75) is 18.9 Å². The molecule has 0 saturated carbocycles. The number of nitrogens with zero attached hydrogens (tertiary/aromatic N) is 1. The third kappa shape index (κ3) is 3.10. The van der Waals surface area contributed by atoms with E-state index >= 15 is 0 Å². The summed E-state index contributed by atoms with van der Waals surface area (Å²) in [5, 5.41) is 20.9. The Hall–Kier alpha value is -1.60. The molecule has 0 spiro atoms. The zero-order chi connectivity index (χ0) is 14.7. The van der Waals surface area contributed by atoms with Gasteiger partial charge in [0.05, 0.1) is 23.9 Å². The summed E-state index contributed by atoms with van der Waals surface area (Å²) >= 11 is 3.25. The molecule has 0 aromatic heterocycles. The number of carboxylic acid groups (broad SMARTS) is 1. The Balaban J connectivity index is 2.19. The molecule has 0 radical (unpaired) electrons. The van der Waals surface area contributed by atoms with E-state index in [4.69, 9.17) is 5.11 Å². The van der Waals surface area contributed by atoms with Gasteiger partial charge in [-0.25, -0.2) is 9.59 Å². The number of benzene rings is 1. The largest absolute Gasteiger partial charge is 0.478 e. The molecule has 20 heavy (non-hydrogen) atoms. The highest BCUT2D eigenvalue weighted by Crippen LogP contribution is 2.24. The second-order valence-corrected chi connectivity index (χ2v) is 5.51. The smallest absolute Gasteiger partial charge is 0.337 e. The maximum absolute atomic E-state index is 12.2. The van der Waals surface area contributed by atoms with Crippen molar-refractivity contribution in [3.63, 3.8) is 0 Å². The molecule has 1 saturated heterocycles. The molecule has 1 aromatic carbocycles. The van der Waals surface area contributed by atoms with Crippen LogP contribution in [0.3, 0.4) is 0 Å². The van der Waals surface area contributed by atoms with Crippen molar-refractivity contribution in [3.05, 3.63) is 28.2 Å². The van der Waals surface area contributed by atoms with Gasteiger partial charge in [-0.3, -0.25) is 0 Å². The molecule has 3 N–H and O–H groups in total. The normalized spacial score (nSPS) is 18.1. The summed E-state index contributed by atoms with van der Waals surface area (Å²) < 4.78 is 0.679. The molecule has 1 aromatic rings. The summed E-state index contributed by atoms with van der Waals surface area (Å²) in [5.41, 5.74) is 0.266. The molecule has 2 amide bonds. The van der Waals surface area contributed by atoms with Crippen molar-refractivity contribution in [1.82, 2.24) is 4.90 Å². The van der Waals surface area contributed by atoms with Gasteiger partial charge in [-0.15, -0.1) is 0 Å². The molecule has 1 unspecified atom stereocenters. The molecule has 7 heteroatoms. The average Bonchev–Trinajstić information content (AvgIpc) is 2.86. The maximum atomic E-state index is 12.2. The van der Waals surface area contributed by atoms with E-state index in [2.05, 4.69) is 21.2 Å². The van der Waals surface area contributed by atoms with Crippen LogP contribution < -0.4 is 5.32 Å². The highest BCUT2D eigenvalue weighted by Gasteiger charge is 2.28. The number of likely N-dealkylation sites (tertiary alicyclic amines) is 1. The number of aromatic carboxylic acids is 1. The number of carbonyl (C=O) groups excluding carboxylic acids is 1. The molecule has 1 heterocycles. The number of urea groups is 1. The lowest BCUT2D eigenvalue weighted by atomic mass is 10.2. The first kappa shape index (κ1) is 14.8. The molecule has 108 valence electrons. The first-order valence-electron chi connectivity index (χ1n) is 6.24. The second kappa shape index (κ2) is 6.23. The van der Waals surface area contributed by atoms with Gasteiger partial charge < -0.3 is 20.4 Å². The van der Waals surface area contributed by atoms with E-state index in [0.717, 1.165) is 12.8 Å². The average molecular weight is 343 g/mol. The van der Waals surface area contributed by atoms with E-state index in [1.54, 1.807) is 12.1 Å². The lowest BCUT2D eigenvalue weighted by molar-refractivity contribution is 0.0698. The van der Waals surface area contributed by atoms with Crippen LogP contribution in [-0.4, -0.2) is 46.3 Å². The molecule has 1 fully saturated rings. The van der Waals surface area contributed by atoms with Crippen LogP contribution in [0.5, 0.6) is 0 Å². The SMILES string of the molecule is O=C(O)c1ccc(Br)cc1NC(=O)N1CCCC1CO. The highest BCUT2D eigenvalue weighted by molar-refractivity contribution is 9.10. The van der Waals surface area contributed by atoms with Crippen LogP contribution in [0.1, 0.15) is 23.2 Å². The van der Waals surface area contributed by atoms with Crippen molar-refractivity contribution >= 4 is 33.6 Å². The number of carbonyl (C=O) groups is 2. The van der Waals surface area contributed by atoms with Crippen molar-refractivity contribution in [1.29, 1.82) is 0 Å². The van der Waals surface area contributed by atoms with E-state index in [9.17, 15) is 14.7 Å². The number of anilines is 1. The van der Waals surface area contributed by atoms with Crippen molar-refractivity contribution in [2.75, 3.05) is 18.5 Å². The third-order valence-corrected chi connectivity index (χ3v) is 3.80. The highest BCUT2D eigenvalue weighted by atomic mass is 79.9. The van der Waals surface area contributed by atoms with E-state index in [0.29, 0.717) is 11.0 Å². The predicted molar refractivity (Wildman–Crippen MR) is 76.9 cm³/mol. The Labute approximate surface area is 124 Å². The summed E-state index contributed by atoms with van der Waals surface area (Å²) in [4.78, 5) is 24.8. The minimum Gasteiger partial charge on any atom is -0.478 e. The van der Waals surface area contributed by atoms with Gasteiger partial charge in [-0.05, 0) is 31.0 Å². The number of carboxylic acids is 1. The number of rotatable bonds is 3. The standard InChI is InChI=1S/C13H15BrN2O4/c14-8-3-4-10(12(18)19)11(6-8)15-13(20)16-5-1-2-9(16)7-17/h3-4,6,9,17H,1-2,5,7H2,(H,15,20)(H,18,19). The van der Waals surface area contributed by atoms with Gasteiger partial charge >= 0.3 is 12.0 Å². The number of halogens is 1. The van der Waals surface area contributed by atoms with Crippen LogP contribution in [0.2, 0.25) is 0 Å². The Morgan fingerprint density at radius 3 is 2.85 bits per heavy atom. The molecule has 1 aliphatic heterocycles. The lowest BCUT2D eigenvalue weighted by Gasteiger charge is -2.23. The van der Waals surface area contributed by atoms with Gasteiger partial charge in [0.2, 0.25) is 0 Å². The van der Waals surface area contributed by atoms with Crippen molar-refractivity contribution in [3.8, 4) is 0 Å². The van der Waals surface area contributed by atoms with Gasteiger partial charge in [0, 0.05) is 11.0 Å². The summed E-state index contributed by atoms with van der Waals surface area (Å²) in [5.74, 6) is -1.10. The minimum absolute atomic E-state index is 0.0290. The van der Waals surface area contributed by atoms with Crippen LogP contribution >= 0.6 is 15.9 Å². The van der Waals surface area contributed by atoms with E-state index in [1.165, 1.54) is 11.0 Å². The van der Waals surface area contributed by atoms with Crippen LogP contribution in [0.25, 0.3) is 0 Å². The van der Waals surface area contributed by atoms with E-state index < -0.39 is 5.97 Å². The number of aliphatic hydroxyl groups is 1. The Bertz CT molecular complexity index is 535. The van der Waals surface area contributed by atoms with Gasteiger partial charge in [0.15, 0.2) is 0 Å². The monoisotopic (exact) mass is 342 g/mol. The Morgan fingerprint density at radius 2 is 2.20 bits per heavy atom. The lowest BCUT2D eigenvalue weighted by Crippen LogP contribution is -2.40.